The van der Waals surface area contributed by atoms with Crippen LogP contribution in [0.2, 0.25) is 0 Å². The molecular weight excluding hydrogens is 300 g/mol. The zero-order valence-corrected chi connectivity index (χ0v) is 13.5. The van der Waals surface area contributed by atoms with Crippen molar-refractivity contribution in [2.45, 2.75) is 33.7 Å². The Balaban J connectivity index is 2.31. The first-order valence-electron chi connectivity index (χ1n) is 7.29. The predicted octanol–water partition coefficient (Wildman–Crippen LogP) is 0.550. The molecule has 0 saturated heterocycles. The molecule has 0 aliphatic rings. The molecule has 1 rings (SSSR count). The summed E-state index contributed by atoms with van der Waals surface area (Å²) in [6.07, 6.45) is 1.53. The van der Waals surface area contributed by atoms with Gasteiger partial charge in [-0.15, -0.1) is 0 Å². The minimum Gasteiger partial charge on any atom is -0.467 e. The summed E-state index contributed by atoms with van der Waals surface area (Å²) in [5.74, 6) is -0.988. The fourth-order valence-electron chi connectivity index (χ4n) is 1.51. The Kier molecular flexibility index (Phi) is 7.52. The van der Waals surface area contributed by atoms with Gasteiger partial charge in [0.15, 0.2) is 0 Å². The second-order valence-electron chi connectivity index (χ2n) is 5.42. The van der Waals surface area contributed by atoms with Crippen molar-refractivity contribution in [1.82, 2.24) is 16.1 Å². The highest BCUT2D eigenvalue weighted by Gasteiger charge is 2.13. The molecule has 0 bridgehead atoms. The molecule has 23 heavy (non-hydrogen) atoms. The van der Waals surface area contributed by atoms with E-state index in [-0.39, 0.29) is 24.8 Å². The standard InChI is InChI=1S/C15H22N4O4/c1-10(2)8-17-14(21)15(22)19-18-11(3)7-13(20)16-9-12-5-4-6-23-12/h4-6,10H,7-9H2,1-3H3,(H,16,20)(H,17,21)(H,19,22)/b18-11+. The Morgan fingerprint density at radius 3 is 2.57 bits per heavy atom. The summed E-state index contributed by atoms with van der Waals surface area (Å²) < 4.78 is 5.09. The van der Waals surface area contributed by atoms with E-state index in [2.05, 4.69) is 21.2 Å². The van der Waals surface area contributed by atoms with Crippen LogP contribution in [0.1, 0.15) is 33.0 Å². The number of amides is 3. The summed E-state index contributed by atoms with van der Waals surface area (Å²) in [6, 6.07) is 3.48. The summed E-state index contributed by atoms with van der Waals surface area (Å²) >= 11 is 0. The molecule has 1 heterocycles. The first kappa shape index (κ1) is 18.4. The quantitative estimate of drug-likeness (QED) is 0.386. The lowest BCUT2D eigenvalue weighted by molar-refractivity contribution is -0.139. The van der Waals surface area contributed by atoms with Gasteiger partial charge in [-0.2, -0.15) is 5.10 Å². The fraction of sp³-hybridized carbons (Fsp3) is 0.467. The lowest BCUT2D eigenvalue weighted by atomic mass is 10.2. The van der Waals surface area contributed by atoms with E-state index in [1.54, 1.807) is 19.1 Å². The minimum absolute atomic E-state index is 0.00853. The van der Waals surface area contributed by atoms with Crippen molar-refractivity contribution in [3.8, 4) is 0 Å². The number of furan rings is 1. The van der Waals surface area contributed by atoms with Crippen molar-refractivity contribution >= 4 is 23.4 Å². The maximum atomic E-state index is 11.7. The molecule has 0 radical (unpaired) electrons. The van der Waals surface area contributed by atoms with Crippen molar-refractivity contribution in [3.05, 3.63) is 24.2 Å². The number of hydrazone groups is 1. The molecule has 3 amide bonds. The zero-order chi connectivity index (χ0) is 17.2. The van der Waals surface area contributed by atoms with Crippen molar-refractivity contribution < 1.29 is 18.8 Å². The van der Waals surface area contributed by atoms with E-state index in [9.17, 15) is 14.4 Å². The molecule has 126 valence electrons. The van der Waals surface area contributed by atoms with Crippen LogP contribution in [0, 0.1) is 5.92 Å². The molecular formula is C15H22N4O4. The van der Waals surface area contributed by atoms with Crippen LogP contribution in [0.3, 0.4) is 0 Å². The van der Waals surface area contributed by atoms with Gasteiger partial charge in [0.05, 0.1) is 19.2 Å². The number of carbonyl (C=O) groups excluding carboxylic acids is 3. The normalized spacial score (nSPS) is 11.2. The number of hydrogen-bond donors (Lipinski definition) is 3. The third-order valence-corrected chi connectivity index (χ3v) is 2.68. The highest BCUT2D eigenvalue weighted by molar-refractivity contribution is 6.35. The van der Waals surface area contributed by atoms with E-state index in [0.29, 0.717) is 18.0 Å². The largest absolute Gasteiger partial charge is 0.467 e. The van der Waals surface area contributed by atoms with Crippen LogP contribution in [0.5, 0.6) is 0 Å². The van der Waals surface area contributed by atoms with Crippen LogP contribution in [0.15, 0.2) is 27.9 Å². The molecule has 8 nitrogen and oxygen atoms in total. The molecule has 0 aromatic carbocycles. The van der Waals surface area contributed by atoms with Crippen LogP contribution in [-0.4, -0.2) is 30.0 Å². The number of nitrogens with one attached hydrogen (secondary N) is 3. The Bertz CT molecular complexity index is 564. The van der Waals surface area contributed by atoms with E-state index in [1.165, 1.54) is 6.26 Å². The Hall–Kier alpha value is -2.64. The lowest BCUT2D eigenvalue weighted by Crippen LogP contribution is -2.39. The van der Waals surface area contributed by atoms with E-state index >= 15 is 0 Å². The molecule has 1 aromatic heterocycles. The van der Waals surface area contributed by atoms with Gasteiger partial charge >= 0.3 is 11.8 Å². The van der Waals surface area contributed by atoms with Gasteiger partial charge < -0.3 is 15.1 Å². The third kappa shape index (κ3) is 7.79. The lowest BCUT2D eigenvalue weighted by Gasteiger charge is -2.06. The summed E-state index contributed by atoms with van der Waals surface area (Å²) in [5.41, 5.74) is 2.50. The number of nitrogens with zero attached hydrogens (tertiary/aromatic N) is 1. The Morgan fingerprint density at radius 2 is 1.96 bits per heavy atom. The summed E-state index contributed by atoms with van der Waals surface area (Å²) in [5, 5.41) is 8.86. The second-order valence-corrected chi connectivity index (χ2v) is 5.42. The van der Waals surface area contributed by atoms with Gasteiger partial charge in [0, 0.05) is 12.3 Å². The monoisotopic (exact) mass is 322 g/mol. The molecule has 0 aliphatic heterocycles. The van der Waals surface area contributed by atoms with Gasteiger partial charge in [-0.05, 0) is 25.0 Å². The molecule has 0 spiro atoms. The summed E-state index contributed by atoms with van der Waals surface area (Å²) in [6.45, 7) is 6.11. The third-order valence-electron chi connectivity index (χ3n) is 2.68. The molecule has 0 aliphatic carbocycles. The van der Waals surface area contributed by atoms with Gasteiger partial charge in [-0.25, -0.2) is 5.43 Å². The Morgan fingerprint density at radius 1 is 1.22 bits per heavy atom. The smallest absolute Gasteiger partial charge is 0.329 e. The van der Waals surface area contributed by atoms with Crippen LogP contribution >= 0.6 is 0 Å². The van der Waals surface area contributed by atoms with Gasteiger partial charge in [0.25, 0.3) is 0 Å². The number of rotatable bonds is 7. The van der Waals surface area contributed by atoms with Crippen LogP contribution in [-0.2, 0) is 20.9 Å². The number of hydrogen-bond acceptors (Lipinski definition) is 5. The maximum absolute atomic E-state index is 11.7. The molecule has 1 aromatic rings. The average Bonchev–Trinajstić information content (AvgIpc) is 3.01. The van der Waals surface area contributed by atoms with E-state index in [0.717, 1.165) is 0 Å². The Labute approximate surface area is 134 Å². The molecule has 0 saturated carbocycles. The van der Waals surface area contributed by atoms with Crippen molar-refractivity contribution in [2.75, 3.05) is 6.54 Å². The van der Waals surface area contributed by atoms with Crippen molar-refractivity contribution in [2.24, 2.45) is 11.0 Å². The first-order valence-corrected chi connectivity index (χ1v) is 7.29. The van der Waals surface area contributed by atoms with Crippen LogP contribution < -0.4 is 16.1 Å². The van der Waals surface area contributed by atoms with Gasteiger partial charge in [0.1, 0.15) is 5.76 Å². The fourth-order valence-corrected chi connectivity index (χ4v) is 1.51. The molecule has 0 atom stereocenters. The van der Waals surface area contributed by atoms with Gasteiger partial charge in [-0.1, -0.05) is 13.8 Å². The van der Waals surface area contributed by atoms with E-state index < -0.39 is 11.8 Å². The van der Waals surface area contributed by atoms with Gasteiger partial charge in [-0.3, -0.25) is 14.4 Å². The summed E-state index contributed by atoms with van der Waals surface area (Å²) in [7, 11) is 0. The van der Waals surface area contributed by atoms with Crippen molar-refractivity contribution in [3.63, 3.8) is 0 Å². The topological polar surface area (TPSA) is 113 Å². The summed E-state index contributed by atoms with van der Waals surface area (Å²) in [4.78, 5) is 34.6. The number of carbonyl (C=O) groups is 3. The van der Waals surface area contributed by atoms with E-state index in [1.807, 2.05) is 13.8 Å². The van der Waals surface area contributed by atoms with Crippen LogP contribution in [0.25, 0.3) is 0 Å². The minimum atomic E-state index is -0.860. The zero-order valence-electron chi connectivity index (χ0n) is 13.5. The van der Waals surface area contributed by atoms with Gasteiger partial charge in [0.2, 0.25) is 5.91 Å². The molecule has 0 unspecified atom stereocenters. The van der Waals surface area contributed by atoms with E-state index in [4.69, 9.17) is 4.42 Å². The highest BCUT2D eigenvalue weighted by atomic mass is 16.3. The first-order chi connectivity index (χ1) is 10.9. The second kappa shape index (κ2) is 9.39. The molecule has 8 heteroatoms. The maximum Gasteiger partial charge on any atom is 0.329 e. The SMILES string of the molecule is C/C(CC(=O)NCc1ccco1)=N\NC(=O)C(=O)NCC(C)C. The van der Waals surface area contributed by atoms with Crippen molar-refractivity contribution in [1.29, 1.82) is 0 Å². The van der Waals surface area contributed by atoms with Crippen LogP contribution in [0.4, 0.5) is 0 Å². The highest BCUT2D eigenvalue weighted by Crippen LogP contribution is 1.98. The molecule has 0 fully saturated rings. The average molecular weight is 322 g/mol. The molecule has 3 N–H and O–H groups in total. The predicted molar refractivity (Wildman–Crippen MR) is 84.3 cm³/mol.